The third kappa shape index (κ3) is 3.53. The normalized spacial score (nSPS) is 11.5. The zero-order valence-electron chi connectivity index (χ0n) is 11.6. The Balaban J connectivity index is 2.93. The van der Waals surface area contributed by atoms with Crippen molar-refractivity contribution in [2.75, 3.05) is 44.1 Å². The Hall–Kier alpha value is -1.43. The Labute approximate surface area is 107 Å². The Bertz CT molecular complexity index is 409. The quantitative estimate of drug-likeness (QED) is 0.856. The summed E-state index contributed by atoms with van der Waals surface area (Å²) >= 11 is 0. The molecule has 0 saturated carbocycles. The second-order valence-corrected chi connectivity index (χ2v) is 5.41. The van der Waals surface area contributed by atoms with Crippen LogP contribution in [0.2, 0.25) is 0 Å². The van der Waals surface area contributed by atoms with E-state index in [0.29, 0.717) is 12.5 Å². The number of hydrogen-bond acceptors (Lipinski definition) is 5. The van der Waals surface area contributed by atoms with Gasteiger partial charge in [0.2, 0.25) is 5.95 Å². The molecule has 1 aromatic heterocycles. The molecule has 18 heavy (non-hydrogen) atoms. The van der Waals surface area contributed by atoms with E-state index in [9.17, 15) is 9.50 Å². The number of hydrogen-bond donors (Lipinski definition) is 1. The molecular weight excluding hydrogens is 235 g/mol. The van der Waals surface area contributed by atoms with E-state index in [4.69, 9.17) is 0 Å². The fourth-order valence-corrected chi connectivity index (χ4v) is 1.61. The van der Waals surface area contributed by atoms with Crippen molar-refractivity contribution in [1.82, 2.24) is 9.97 Å². The minimum Gasteiger partial charge on any atom is -0.396 e. The summed E-state index contributed by atoms with van der Waals surface area (Å²) in [7, 11) is 5.28. The average molecular weight is 256 g/mol. The maximum atomic E-state index is 13.5. The monoisotopic (exact) mass is 256 g/mol. The van der Waals surface area contributed by atoms with Crippen LogP contribution in [0.1, 0.15) is 13.8 Å². The molecule has 0 radical (unpaired) electrons. The van der Waals surface area contributed by atoms with Gasteiger partial charge in [-0.2, -0.15) is 4.98 Å². The summed E-state index contributed by atoms with van der Waals surface area (Å²) in [6.45, 7) is 4.54. The molecule has 0 spiro atoms. The van der Waals surface area contributed by atoms with Crippen LogP contribution in [-0.2, 0) is 0 Å². The minimum absolute atomic E-state index is 0.0685. The second-order valence-electron chi connectivity index (χ2n) is 5.41. The number of nitrogens with zero attached hydrogens (tertiary/aromatic N) is 4. The van der Waals surface area contributed by atoms with Crippen LogP contribution in [0.25, 0.3) is 0 Å². The van der Waals surface area contributed by atoms with Gasteiger partial charge >= 0.3 is 0 Å². The summed E-state index contributed by atoms with van der Waals surface area (Å²) in [5, 5.41) is 9.24. The van der Waals surface area contributed by atoms with E-state index in [0.717, 1.165) is 0 Å². The molecule has 0 aliphatic carbocycles. The van der Waals surface area contributed by atoms with Gasteiger partial charge in [-0.25, -0.2) is 9.37 Å². The molecule has 0 unspecified atom stereocenters. The van der Waals surface area contributed by atoms with E-state index in [1.807, 2.05) is 25.8 Å². The summed E-state index contributed by atoms with van der Waals surface area (Å²) in [6, 6.07) is 0. The van der Waals surface area contributed by atoms with Crippen LogP contribution in [0.3, 0.4) is 0 Å². The minimum atomic E-state index is -0.446. The van der Waals surface area contributed by atoms with Gasteiger partial charge in [0.1, 0.15) is 0 Å². The predicted octanol–water partition coefficient (Wildman–Crippen LogP) is 1.14. The molecule has 1 N–H and O–H groups in total. The highest BCUT2D eigenvalue weighted by Crippen LogP contribution is 2.20. The standard InChI is InChI=1S/C12H21FN4O/c1-12(2,8-18)7-17(5)11-14-6-9(13)10(15-11)16(3)4/h6,18H,7-8H2,1-5H3. The Kier molecular flexibility index (Phi) is 4.45. The molecule has 0 aromatic carbocycles. The molecule has 0 saturated heterocycles. The lowest BCUT2D eigenvalue weighted by Crippen LogP contribution is -2.35. The van der Waals surface area contributed by atoms with Crippen LogP contribution >= 0.6 is 0 Å². The van der Waals surface area contributed by atoms with Crippen LogP contribution in [-0.4, -0.2) is 49.4 Å². The van der Waals surface area contributed by atoms with Crippen molar-refractivity contribution in [2.45, 2.75) is 13.8 Å². The number of aliphatic hydroxyl groups excluding tert-OH is 1. The average Bonchev–Trinajstić information content (AvgIpc) is 2.28. The number of aliphatic hydroxyl groups is 1. The molecule has 102 valence electrons. The van der Waals surface area contributed by atoms with E-state index in [-0.39, 0.29) is 17.8 Å². The first kappa shape index (κ1) is 14.6. The fourth-order valence-electron chi connectivity index (χ4n) is 1.61. The summed E-state index contributed by atoms with van der Waals surface area (Å²) in [5.74, 6) is 0.258. The first-order valence-corrected chi connectivity index (χ1v) is 5.79. The van der Waals surface area contributed by atoms with E-state index in [1.165, 1.54) is 6.20 Å². The van der Waals surface area contributed by atoms with Gasteiger partial charge in [0.05, 0.1) is 6.20 Å². The van der Waals surface area contributed by atoms with Gasteiger partial charge < -0.3 is 14.9 Å². The molecule has 1 aromatic rings. The van der Waals surface area contributed by atoms with Crippen LogP contribution < -0.4 is 9.80 Å². The van der Waals surface area contributed by atoms with Gasteiger partial charge in [-0.05, 0) is 0 Å². The molecule has 1 heterocycles. The first-order chi connectivity index (χ1) is 8.26. The van der Waals surface area contributed by atoms with E-state index < -0.39 is 5.82 Å². The Morgan fingerprint density at radius 2 is 1.94 bits per heavy atom. The van der Waals surface area contributed by atoms with Crippen LogP contribution in [0.15, 0.2) is 6.20 Å². The highest BCUT2D eigenvalue weighted by atomic mass is 19.1. The summed E-state index contributed by atoms with van der Waals surface area (Å²) < 4.78 is 13.5. The number of halogens is 1. The fraction of sp³-hybridized carbons (Fsp3) is 0.667. The van der Waals surface area contributed by atoms with Crippen molar-refractivity contribution >= 4 is 11.8 Å². The molecule has 0 fully saturated rings. The first-order valence-electron chi connectivity index (χ1n) is 5.79. The highest BCUT2D eigenvalue weighted by Gasteiger charge is 2.21. The maximum absolute atomic E-state index is 13.5. The summed E-state index contributed by atoms with van der Waals surface area (Å²) in [6.07, 6.45) is 1.17. The van der Waals surface area contributed by atoms with Crippen molar-refractivity contribution in [3.05, 3.63) is 12.0 Å². The lowest BCUT2D eigenvalue weighted by Gasteiger charge is -2.28. The van der Waals surface area contributed by atoms with Gasteiger partial charge in [0.25, 0.3) is 0 Å². The predicted molar refractivity (Wildman–Crippen MR) is 70.5 cm³/mol. The number of rotatable bonds is 5. The van der Waals surface area contributed by atoms with Crippen molar-refractivity contribution in [2.24, 2.45) is 5.41 Å². The van der Waals surface area contributed by atoms with Gasteiger partial charge in [0.15, 0.2) is 11.6 Å². The van der Waals surface area contributed by atoms with E-state index in [2.05, 4.69) is 9.97 Å². The molecule has 6 heteroatoms. The topological polar surface area (TPSA) is 52.5 Å². The van der Waals surface area contributed by atoms with Crippen molar-refractivity contribution in [1.29, 1.82) is 0 Å². The molecule has 0 atom stereocenters. The summed E-state index contributed by atoms with van der Waals surface area (Å²) in [4.78, 5) is 11.6. The lowest BCUT2D eigenvalue weighted by atomic mass is 9.94. The second kappa shape index (κ2) is 5.48. The number of anilines is 2. The smallest absolute Gasteiger partial charge is 0.227 e. The summed E-state index contributed by atoms with van der Waals surface area (Å²) in [5.41, 5.74) is -0.259. The largest absolute Gasteiger partial charge is 0.396 e. The van der Waals surface area contributed by atoms with Crippen LogP contribution in [0, 0.1) is 11.2 Å². The molecule has 0 amide bonds. The Morgan fingerprint density at radius 1 is 1.33 bits per heavy atom. The van der Waals surface area contributed by atoms with E-state index >= 15 is 0 Å². The van der Waals surface area contributed by atoms with Crippen LogP contribution in [0.5, 0.6) is 0 Å². The van der Waals surface area contributed by atoms with Gasteiger partial charge in [-0.3, -0.25) is 0 Å². The molecule has 5 nitrogen and oxygen atoms in total. The third-order valence-electron chi connectivity index (χ3n) is 2.57. The lowest BCUT2D eigenvalue weighted by molar-refractivity contribution is 0.165. The molecule has 1 rings (SSSR count). The van der Waals surface area contributed by atoms with Gasteiger partial charge in [-0.15, -0.1) is 0 Å². The van der Waals surface area contributed by atoms with Crippen molar-refractivity contribution in [3.63, 3.8) is 0 Å². The van der Waals surface area contributed by atoms with E-state index in [1.54, 1.807) is 19.0 Å². The molecule has 0 aliphatic rings. The van der Waals surface area contributed by atoms with Gasteiger partial charge in [0, 0.05) is 39.7 Å². The molecule has 0 aliphatic heterocycles. The van der Waals surface area contributed by atoms with Crippen molar-refractivity contribution < 1.29 is 9.50 Å². The zero-order chi connectivity index (χ0) is 13.9. The highest BCUT2D eigenvalue weighted by molar-refractivity contribution is 5.43. The third-order valence-corrected chi connectivity index (χ3v) is 2.57. The van der Waals surface area contributed by atoms with Crippen molar-refractivity contribution in [3.8, 4) is 0 Å². The Morgan fingerprint density at radius 3 is 2.44 bits per heavy atom. The number of aromatic nitrogens is 2. The molecular formula is C12H21FN4O. The van der Waals surface area contributed by atoms with Crippen LogP contribution in [0.4, 0.5) is 16.2 Å². The van der Waals surface area contributed by atoms with Gasteiger partial charge in [-0.1, -0.05) is 13.8 Å². The zero-order valence-corrected chi connectivity index (χ0v) is 11.6. The molecule has 0 bridgehead atoms. The maximum Gasteiger partial charge on any atom is 0.227 e. The SMILES string of the molecule is CN(C)c1nc(N(C)CC(C)(C)CO)ncc1F.